The monoisotopic (exact) mass is 309 g/mol. The molecule has 1 aliphatic rings. The Labute approximate surface area is 135 Å². The molecule has 0 N–H and O–H groups in total. The first-order chi connectivity index (χ1) is 10.7. The maximum atomic E-state index is 9.48. The molecule has 0 aliphatic heterocycles. The molecule has 3 nitrogen and oxygen atoms in total. The minimum Gasteiger partial charge on any atom is -0.378 e. The number of fused-ring (bicyclic) bond motifs is 1. The lowest BCUT2D eigenvalue weighted by atomic mass is 10.0. The van der Waals surface area contributed by atoms with Gasteiger partial charge in [0.05, 0.1) is 11.3 Å². The molecule has 112 valence electrons. The quantitative estimate of drug-likeness (QED) is 0.800. The Balaban J connectivity index is 1.90. The lowest BCUT2D eigenvalue weighted by Crippen LogP contribution is -2.07. The molecule has 1 aromatic carbocycles. The molecule has 4 heteroatoms. The van der Waals surface area contributed by atoms with Crippen LogP contribution in [0.25, 0.3) is 11.6 Å². The van der Waals surface area contributed by atoms with Gasteiger partial charge in [-0.2, -0.15) is 5.26 Å². The molecule has 0 fully saturated rings. The highest BCUT2D eigenvalue weighted by atomic mass is 32.1. The summed E-state index contributed by atoms with van der Waals surface area (Å²) in [5.74, 6) is 0. The maximum absolute atomic E-state index is 9.48. The van der Waals surface area contributed by atoms with Crippen LogP contribution >= 0.6 is 11.3 Å². The number of hydrogen-bond acceptors (Lipinski definition) is 4. The summed E-state index contributed by atoms with van der Waals surface area (Å²) in [6.07, 6.45) is 6.56. The Morgan fingerprint density at radius 1 is 1.23 bits per heavy atom. The van der Waals surface area contributed by atoms with Gasteiger partial charge in [0.15, 0.2) is 0 Å². The highest BCUT2D eigenvalue weighted by Crippen LogP contribution is 2.31. The standard InChI is InChI=1S/C18H19N3S/c1-21(2)15-9-7-13(8-10-15)11-14(12-19)18-20-16-5-3-4-6-17(16)22-18/h7-11H,3-6H2,1-2H3/b14-11-. The highest BCUT2D eigenvalue weighted by molar-refractivity contribution is 7.13. The van der Waals surface area contributed by atoms with Crippen molar-refractivity contribution in [1.29, 1.82) is 5.26 Å². The van der Waals surface area contributed by atoms with E-state index in [4.69, 9.17) is 0 Å². The van der Waals surface area contributed by atoms with Gasteiger partial charge in [0.1, 0.15) is 11.1 Å². The lowest BCUT2D eigenvalue weighted by molar-refractivity contribution is 0.682. The summed E-state index contributed by atoms with van der Waals surface area (Å²) in [5, 5.41) is 10.4. The predicted octanol–water partition coefficient (Wildman–Crippen LogP) is 4.15. The van der Waals surface area contributed by atoms with Crippen LogP contribution in [0.3, 0.4) is 0 Å². The van der Waals surface area contributed by atoms with Crippen molar-refractivity contribution < 1.29 is 0 Å². The first kappa shape index (κ1) is 14.8. The minimum absolute atomic E-state index is 0.664. The van der Waals surface area contributed by atoms with Crippen LogP contribution in [0.1, 0.15) is 34.0 Å². The number of nitrogens with zero attached hydrogens (tertiary/aromatic N) is 3. The third kappa shape index (κ3) is 3.05. The molecule has 1 aliphatic carbocycles. The Bertz CT molecular complexity index is 709. The van der Waals surface area contributed by atoms with Crippen LogP contribution in [0.15, 0.2) is 24.3 Å². The van der Waals surface area contributed by atoms with E-state index in [0.29, 0.717) is 5.57 Å². The second-order valence-electron chi connectivity index (χ2n) is 5.75. The lowest BCUT2D eigenvalue weighted by Gasteiger charge is -2.11. The molecule has 0 atom stereocenters. The van der Waals surface area contributed by atoms with Gasteiger partial charge in [-0.3, -0.25) is 0 Å². The summed E-state index contributed by atoms with van der Waals surface area (Å²) in [7, 11) is 4.04. The smallest absolute Gasteiger partial charge is 0.134 e. The summed E-state index contributed by atoms with van der Waals surface area (Å²) in [6.45, 7) is 0. The van der Waals surface area contributed by atoms with Crippen molar-refractivity contribution >= 4 is 28.7 Å². The molecular weight excluding hydrogens is 290 g/mol. The van der Waals surface area contributed by atoms with Gasteiger partial charge >= 0.3 is 0 Å². The molecule has 0 amide bonds. The van der Waals surface area contributed by atoms with Crippen molar-refractivity contribution in [3.05, 3.63) is 45.4 Å². The summed E-state index contributed by atoms with van der Waals surface area (Å²) in [5.41, 5.74) is 4.06. The molecule has 1 heterocycles. The fourth-order valence-corrected chi connectivity index (χ4v) is 3.76. The molecule has 2 aromatic rings. The molecule has 0 bridgehead atoms. The van der Waals surface area contributed by atoms with Crippen molar-refractivity contribution in [2.75, 3.05) is 19.0 Å². The topological polar surface area (TPSA) is 39.9 Å². The zero-order valence-corrected chi connectivity index (χ0v) is 13.8. The number of anilines is 1. The van der Waals surface area contributed by atoms with E-state index >= 15 is 0 Å². The van der Waals surface area contributed by atoms with Crippen molar-refractivity contribution in [1.82, 2.24) is 4.98 Å². The Morgan fingerprint density at radius 2 is 1.95 bits per heavy atom. The van der Waals surface area contributed by atoms with Gasteiger partial charge < -0.3 is 4.90 Å². The Kier molecular flexibility index (Phi) is 4.26. The number of nitriles is 1. The van der Waals surface area contributed by atoms with E-state index in [1.165, 1.54) is 23.4 Å². The number of benzene rings is 1. The van der Waals surface area contributed by atoms with Crippen molar-refractivity contribution in [3.8, 4) is 6.07 Å². The molecule has 22 heavy (non-hydrogen) atoms. The van der Waals surface area contributed by atoms with Crippen LogP contribution in [-0.2, 0) is 12.8 Å². The molecule has 1 aromatic heterocycles. The molecular formula is C18H19N3S. The zero-order valence-electron chi connectivity index (χ0n) is 13.0. The SMILES string of the molecule is CN(C)c1ccc(/C=C(/C#N)c2nc3c(s2)CCCC3)cc1. The molecule has 0 saturated heterocycles. The number of aryl methyl sites for hydroxylation is 2. The van der Waals surface area contributed by atoms with E-state index in [0.717, 1.165) is 29.1 Å². The van der Waals surface area contributed by atoms with Gasteiger partial charge in [0.2, 0.25) is 0 Å². The van der Waals surface area contributed by atoms with Crippen LogP contribution in [0.5, 0.6) is 0 Å². The van der Waals surface area contributed by atoms with Crippen LogP contribution < -0.4 is 4.90 Å². The first-order valence-corrected chi connectivity index (χ1v) is 8.37. The van der Waals surface area contributed by atoms with E-state index in [1.807, 2.05) is 32.3 Å². The summed E-state index contributed by atoms with van der Waals surface area (Å²) < 4.78 is 0. The summed E-state index contributed by atoms with van der Waals surface area (Å²) >= 11 is 1.69. The summed E-state index contributed by atoms with van der Waals surface area (Å²) in [4.78, 5) is 8.11. The summed E-state index contributed by atoms with van der Waals surface area (Å²) in [6, 6.07) is 10.5. The Hall–Kier alpha value is -2.12. The van der Waals surface area contributed by atoms with E-state index in [1.54, 1.807) is 11.3 Å². The zero-order chi connectivity index (χ0) is 15.5. The predicted molar refractivity (Wildman–Crippen MR) is 93.0 cm³/mol. The van der Waals surface area contributed by atoms with Gasteiger partial charge in [-0.05, 0) is 49.5 Å². The number of thiazole rings is 1. The number of aromatic nitrogens is 1. The minimum atomic E-state index is 0.664. The first-order valence-electron chi connectivity index (χ1n) is 7.55. The Morgan fingerprint density at radius 3 is 2.59 bits per heavy atom. The van der Waals surface area contributed by atoms with Gasteiger partial charge in [-0.25, -0.2) is 4.98 Å². The fourth-order valence-electron chi connectivity index (χ4n) is 2.64. The normalized spacial score (nSPS) is 14.3. The van der Waals surface area contributed by atoms with Crippen LogP contribution in [-0.4, -0.2) is 19.1 Å². The van der Waals surface area contributed by atoms with E-state index in [2.05, 4.69) is 28.1 Å². The third-order valence-corrected chi connectivity index (χ3v) is 5.11. The fraction of sp³-hybridized carbons (Fsp3) is 0.333. The molecule has 0 radical (unpaired) electrons. The third-order valence-electron chi connectivity index (χ3n) is 3.92. The van der Waals surface area contributed by atoms with E-state index in [-0.39, 0.29) is 0 Å². The molecule has 0 saturated carbocycles. The maximum Gasteiger partial charge on any atom is 0.134 e. The largest absolute Gasteiger partial charge is 0.378 e. The highest BCUT2D eigenvalue weighted by Gasteiger charge is 2.17. The van der Waals surface area contributed by atoms with E-state index in [9.17, 15) is 5.26 Å². The number of rotatable bonds is 3. The molecule has 0 spiro atoms. The van der Waals surface area contributed by atoms with Gasteiger partial charge in [0.25, 0.3) is 0 Å². The van der Waals surface area contributed by atoms with Crippen molar-refractivity contribution in [3.63, 3.8) is 0 Å². The second-order valence-corrected chi connectivity index (χ2v) is 6.84. The second kappa shape index (κ2) is 6.33. The van der Waals surface area contributed by atoms with Gasteiger partial charge in [-0.1, -0.05) is 12.1 Å². The van der Waals surface area contributed by atoms with E-state index < -0.39 is 0 Å². The number of hydrogen-bond donors (Lipinski definition) is 0. The van der Waals surface area contributed by atoms with Crippen molar-refractivity contribution in [2.24, 2.45) is 0 Å². The molecule has 0 unspecified atom stereocenters. The average Bonchev–Trinajstić information content (AvgIpc) is 2.96. The average molecular weight is 309 g/mol. The molecule has 3 rings (SSSR count). The number of allylic oxidation sites excluding steroid dienone is 1. The van der Waals surface area contributed by atoms with Crippen molar-refractivity contribution in [2.45, 2.75) is 25.7 Å². The van der Waals surface area contributed by atoms with Crippen LogP contribution in [0.2, 0.25) is 0 Å². The van der Waals surface area contributed by atoms with Crippen LogP contribution in [0.4, 0.5) is 5.69 Å². The van der Waals surface area contributed by atoms with Crippen LogP contribution in [0, 0.1) is 11.3 Å². The van der Waals surface area contributed by atoms with Gasteiger partial charge in [-0.15, -0.1) is 11.3 Å². The van der Waals surface area contributed by atoms with Gasteiger partial charge in [0, 0.05) is 24.7 Å².